The Hall–Kier alpha value is -3.96. The lowest BCUT2D eigenvalue weighted by atomic mass is 9.94. The van der Waals surface area contributed by atoms with E-state index in [2.05, 4.69) is 20.5 Å². The molecule has 2 atom stereocenters. The van der Waals surface area contributed by atoms with Crippen LogP contribution in [0.1, 0.15) is 60.6 Å². The van der Waals surface area contributed by atoms with Crippen molar-refractivity contribution in [3.8, 4) is 17.0 Å². The molecule has 8 nitrogen and oxygen atoms in total. The molecule has 3 N–H and O–H groups in total. The number of nitrogens with zero attached hydrogens (tertiary/aromatic N) is 3. The second-order valence-corrected chi connectivity index (χ2v) is 11.8. The Kier molecular flexibility index (Phi) is 8.86. The lowest BCUT2D eigenvalue weighted by Gasteiger charge is -2.33. The second-order valence-electron chi connectivity index (χ2n) is 11.8. The molecule has 6 rings (SSSR count). The van der Waals surface area contributed by atoms with E-state index in [1.807, 2.05) is 54.6 Å². The summed E-state index contributed by atoms with van der Waals surface area (Å²) in [7, 11) is 0. The summed E-state index contributed by atoms with van der Waals surface area (Å²) in [6.45, 7) is 0.430. The minimum atomic E-state index is -4.61. The number of amides is 1. The van der Waals surface area contributed by atoms with E-state index in [4.69, 9.17) is 4.74 Å². The molecule has 0 radical (unpaired) electrons. The van der Waals surface area contributed by atoms with Crippen LogP contribution in [-0.4, -0.2) is 69.1 Å². The molecule has 0 spiro atoms. The van der Waals surface area contributed by atoms with Crippen LogP contribution in [0, 0.1) is 5.92 Å². The van der Waals surface area contributed by atoms with Gasteiger partial charge in [0.2, 0.25) is 0 Å². The maximum Gasteiger partial charge on any atom is 0.415 e. The molecule has 0 unspecified atom stereocenters. The number of likely N-dealkylation sites (tertiary alicyclic amines) is 1. The Morgan fingerprint density at radius 2 is 1.80 bits per heavy atom. The fourth-order valence-corrected chi connectivity index (χ4v) is 6.33. The minimum Gasteiger partial charge on any atom is -0.490 e. The number of H-pyrrole nitrogens is 1. The van der Waals surface area contributed by atoms with Crippen LogP contribution in [0.15, 0.2) is 66.9 Å². The highest BCUT2D eigenvalue weighted by molar-refractivity contribution is 6.01. The van der Waals surface area contributed by atoms with Crippen LogP contribution in [0.4, 0.5) is 13.2 Å². The number of aliphatic hydroxyl groups excluding tert-OH is 1. The molecule has 2 aliphatic rings. The predicted octanol–water partition coefficient (Wildman–Crippen LogP) is 6.05. The highest BCUT2D eigenvalue weighted by atomic mass is 19.4. The Bertz CT molecular complexity index is 1550. The van der Waals surface area contributed by atoms with Gasteiger partial charge in [-0.2, -0.15) is 18.3 Å². The van der Waals surface area contributed by atoms with Crippen molar-refractivity contribution in [1.29, 1.82) is 0 Å². The van der Waals surface area contributed by atoms with Gasteiger partial charge >= 0.3 is 6.18 Å². The number of aromatic amines is 1. The molecule has 1 aliphatic carbocycles. The van der Waals surface area contributed by atoms with Crippen LogP contribution in [0.2, 0.25) is 0 Å². The first kappa shape index (κ1) is 30.1. The summed E-state index contributed by atoms with van der Waals surface area (Å²) in [4.78, 5) is 19.7. The van der Waals surface area contributed by atoms with E-state index < -0.39 is 18.8 Å². The topological polar surface area (TPSA) is 103 Å². The van der Waals surface area contributed by atoms with Gasteiger partial charge in [-0.15, -0.1) is 0 Å². The molecule has 2 aromatic heterocycles. The average Bonchev–Trinajstić information content (AvgIpc) is 3.71. The van der Waals surface area contributed by atoms with Gasteiger partial charge in [-0.1, -0.05) is 18.9 Å². The molecule has 44 heavy (non-hydrogen) atoms. The van der Waals surface area contributed by atoms with Crippen molar-refractivity contribution in [3.05, 3.63) is 78.1 Å². The van der Waals surface area contributed by atoms with Gasteiger partial charge in [0.05, 0.1) is 22.9 Å². The Morgan fingerprint density at radius 3 is 2.48 bits per heavy atom. The summed E-state index contributed by atoms with van der Waals surface area (Å²) in [6, 6.07) is 18.7. The number of pyridine rings is 1. The van der Waals surface area contributed by atoms with E-state index in [1.165, 1.54) is 0 Å². The number of ether oxygens (including phenoxy) is 1. The number of β-amino-alcohol motifs (C(OH)–C–C–N with tert-alkyl or cyclic N) is 1. The van der Waals surface area contributed by atoms with E-state index in [0.29, 0.717) is 43.2 Å². The summed E-state index contributed by atoms with van der Waals surface area (Å²) in [6.07, 6.45) is 0.299. The molecule has 1 aliphatic heterocycles. The van der Waals surface area contributed by atoms with Gasteiger partial charge < -0.3 is 20.1 Å². The summed E-state index contributed by atoms with van der Waals surface area (Å²) in [5.74, 6) is 0.872. The molecule has 1 amide bonds. The third-order valence-corrected chi connectivity index (χ3v) is 8.76. The van der Waals surface area contributed by atoms with Gasteiger partial charge in [0.25, 0.3) is 5.91 Å². The quantitative estimate of drug-likeness (QED) is 0.214. The Morgan fingerprint density at radius 1 is 1.05 bits per heavy atom. The number of nitrogens with one attached hydrogen (secondary N) is 2. The van der Waals surface area contributed by atoms with Gasteiger partial charge in [-0.3, -0.25) is 14.9 Å². The number of carbonyl (C=O) groups is 1. The van der Waals surface area contributed by atoms with Crippen LogP contribution in [-0.2, 0) is 0 Å². The van der Waals surface area contributed by atoms with Crippen LogP contribution in [0.25, 0.3) is 22.2 Å². The zero-order valence-electron chi connectivity index (χ0n) is 24.3. The molecule has 1 saturated carbocycles. The van der Waals surface area contributed by atoms with Crippen molar-refractivity contribution in [2.24, 2.45) is 5.92 Å². The largest absolute Gasteiger partial charge is 0.490 e. The molecular formula is C33H36F3N5O3. The summed E-state index contributed by atoms with van der Waals surface area (Å²) in [5, 5.41) is 21.0. The number of rotatable bonds is 9. The van der Waals surface area contributed by atoms with Gasteiger partial charge in [0.15, 0.2) is 6.10 Å². The number of carbonyl (C=O) groups excluding carboxylic acids is 1. The standard InChI is InChI=1S/C33H36F3N5O3/c34-33(35,36)29(42)20-41-17-14-25(15-18-41)44-24-11-8-22(9-12-24)30-26-19-23(10-13-27(26)39-40-30)32(43)38-31(21-5-1-2-6-21)28-7-3-4-16-37-28/h3-4,7-13,16,19,21,25,29,31,42H,1-2,5-6,14-15,17-18,20H2,(H,38,43)(H,39,40)/t29-,31+/m1/s1. The van der Waals surface area contributed by atoms with Crippen molar-refractivity contribution in [3.63, 3.8) is 0 Å². The number of alkyl halides is 3. The maximum atomic E-state index is 13.5. The monoisotopic (exact) mass is 607 g/mol. The van der Waals surface area contributed by atoms with E-state index in [1.54, 1.807) is 17.2 Å². The number of piperidine rings is 1. The molecule has 3 heterocycles. The molecule has 2 aromatic carbocycles. The smallest absolute Gasteiger partial charge is 0.415 e. The SMILES string of the molecule is O=C(N[C@H](c1ccccn1)C1CCCC1)c1ccc2[nH]nc(-c3ccc(OC4CCN(C[C@@H](O)C(F)(F)F)CC4)cc3)c2c1. The molecule has 0 bridgehead atoms. The number of aromatic nitrogens is 3. The molecular weight excluding hydrogens is 571 g/mol. The highest BCUT2D eigenvalue weighted by Crippen LogP contribution is 2.36. The molecule has 11 heteroatoms. The number of benzene rings is 2. The Labute approximate surface area is 253 Å². The van der Waals surface area contributed by atoms with Crippen LogP contribution in [0.5, 0.6) is 5.75 Å². The fraction of sp³-hybridized carbons (Fsp3) is 0.424. The lowest BCUT2D eigenvalue weighted by Crippen LogP contribution is -2.45. The number of halogens is 3. The summed E-state index contributed by atoms with van der Waals surface area (Å²) >= 11 is 0. The van der Waals surface area contributed by atoms with Crippen molar-refractivity contribution in [2.75, 3.05) is 19.6 Å². The van der Waals surface area contributed by atoms with Crippen molar-refractivity contribution >= 4 is 16.8 Å². The number of hydrogen-bond donors (Lipinski definition) is 3. The van der Waals surface area contributed by atoms with Crippen molar-refractivity contribution in [2.45, 2.75) is 63.0 Å². The van der Waals surface area contributed by atoms with E-state index in [0.717, 1.165) is 53.5 Å². The normalized spacial score (nSPS) is 18.4. The summed E-state index contributed by atoms with van der Waals surface area (Å²) < 4.78 is 44.1. The molecule has 1 saturated heterocycles. The van der Waals surface area contributed by atoms with Gasteiger partial charge in [-0.25, -0.2) is 0 Å². The molecule has 4 aromatic rings. The molecule has 2 fully saturated rings. The fourth-order valence-electron chi connectivity index (χ4n) is 6.33. The predicted molar refractivity (Wildman–Crippen MR) is 160 cm³/mol. The number of fused-ring (bicyclic) bond motifs is 1. The van der Waals surface area contributed by atoms with Crippen LogP contribution in [0.3, 0.4) is 0 Å². The van der Waals surface area contributed by atoms with Gasteiger partial charge in [0, 0.05) is 42.3 Å². The first-order valence-corrected chi connectivity index (χ1v) is 15.2. The Balaban J connectivity index is 1.11. The number of aliphatic hydroxyl groups is 1. The highest BCUT2D eigenvalue weighted by Gasteiger charge is 2.39. The average molecular weight is 608 g/mol. The zero-order chi connectivity index (χ0) is 30.7. The van der Waals surface area contributed by atoms with Crippen molar-refractivity contribution < 1.29 is 27.8 Å². The van der Waals surface area contributed by atoms with E-state index >= 15 is 0 Å². The van der Waals surface area contributed by atoms with Crippen LogP contribution >= 0.6 is 0 Å². The van der Waals surface area contributed by atoms with E-state index in [9.17, 15) is 23.1 Å². The zero-order valence-corrected chi connectivity index (χ0v) is 24.3. The third-order valence-electron chi connectivity index (χ3n) is 8.76. The molecule has 232 valence electrons. The minimum absolute atomic E-state index is 0.119. The second kappa shape index (κ2) is 13.0. The van der Waals surface area contributed by atoms with Gasteiger partial charge in [-0.05, 0) is 86.2 Å². The van der Waals surface area contributed by atoms with Gasteiger partial charge in [0.1, 0.15) is 11.9 Å². The van der Waals surface area contributed by atoms with Crippen LogP contribution < -0.4 is 10.1 Å². The third kappa shape index (κ3) is 6.89. The van der Waals surface area contributed by atoms with E-state index in [-0.39, 0.29) is 18.1 Å². The number of hydrogen-bond acceptors (Lipinski definition) is 6. The van der Waals surface area contributed by atoms with Crippen molar-refractivity contribution in [1.82, 2.24) is 25.4 Å². The lowest BCUT2D eigenvalue weighted by molar-refractivity contribution is -0.208. The first-order valence-electron chi connectivity index (χ1n) is 15.2. The first-order chi connectivity index (χ1) is 21.2. The summed E-state index contributed by atoms with van der Waals surface area (Å²) in [5.41, 5.74) is 3.82. The maximum absolute atomic E-state index is 13.5.